The molecule has 0 aromatic heterocycles. The van der Waals surface area contributed by atoms with Crippen molar-refractivity contribution in [3.8, 4) is 0 Å². The fourth-order valence-electron chi connectivity index (χ4n) is 1.45. The molecule has 0 fully saturated rings. The van der Waals surface area contributed by atoms with Crippen molar-refractivity contribution in [3.05, 3.63) is 23.3 Å². The van der Waals surface area contributed by atoms with Gasteiger partial charge >= 0.3 is 0 Å². The molecule has 2 atom stereocenters. The van der Waals surface area contributed by atoms with E-state index in [-0.39, 0.29) is 5.04 Å². The van der Waals surface area contributed by atoms with E-state index < -0.39 is 8.32 Å². The molecule has 21 heavy (non-hydrogen) atoms. The van der Waals surface area contributed by atoms with Gasteiger partial charge in [-0.2, -0.15) is 0 Å². The number of allylic oxidation sites excluding steroid dienone is 2. The van der Waals surface area contributed by atoms with Crippen molar-refractivity contribution in [2.45, 2.75) is 65.6 Å². The van der Waals surface area contributed by atoms with Crippen LogP contribution in [-0.4, -0.2) is 21.5 Å². The van der Waals surface area contributed by atoms with Crippen molar-refractivity contribution < 1.29 is 8.95 Å². The maximum absolute atomic E-state index is 6.23. The lowest BCUT2D eigenvalue weighted by Gasteiger charge is -2.36. The first-order chi connectivity index (χ1) is 9.60. The first-order valence-corrected chi connectivity index (χ1v) is 13.3. The van der Waals surface area contributed by atoms with Crippen LogP contribution in [0.3, 0.4) is 0 Å². The van der Waals surface area contributed by atoms with E-state index in [9.17, 15) is 0 Å². The average molecular weight is 348 g/mol. The van der Waals surface area contributed by atoms with Gasteiger partial charge in [-0.1, -0.05) is 53.0 Å². The number of hydrogen-bond donors (Lipinski definition) is 0. The zero-order valence-electron chi connectivity index (χ0n) is 14.9. The fourth-order valence-corrected chi connectivity index (χ4v) is 2.94. The molecule has 0 spiro atoms. The van der Waals surface area contributed by atoms with E-state index >= 15 is 0 Å². The summed E-state index contributed by atoms with van der Waals surface area (Å²) in [6.45, 7) is 17.3. The summed E-state index contributed by atoms with van der Waals surface area (Å²) >= 11 is 0. The molecular formula is C16H34O2P2Si. The number of hydrogen-bond acceptors (Lipinski definition) is 2. The van der Waals surface area contributed by atoms with Crippen molar-refractivity contribution in [1.82, 2.24) is 0 Å². The Morgan fingerprint density at radius 3 is 2.29 bits per heavy atom. The van der Waals surface area contributed by atoms with Crippen LogP contribution in [0.2, 0.25) is 18.1 Å². The third-order valence-electron chi connectivity index (χ3n) is 4.10. The van der Waals surface area contributed by atoms with Gasteiger partial charge < -0.3 is 8.95 Å². The second-order valence-electron chi connectivity index (χ2n) is 7.12. The summed E-state index contributed by atoms with van der Waals surface area (Å²) in [6.07, 6.45) is 6.66. The van der Waals surface area contributed by atoms with E-state index in [0.29, 0.717) is 8.50 Å². The van der Waals surface area contributed by atoms with Crippen LogP contribution in [0.25, 0.3) is 0 Å². The molecule has 0 aromatic carbocycles. The van der Waals surface area contributed by atoms with E-state index in [1.54, 1.807) is 0 Å². The largest absolute Gasteiger partial charge is 0.413 e. The fraction of sp³-hybridized carbons (Fsp3) is 0.750. The van der Waals surface area contributed by atoms with E-state index in [2.05, 4.69) is 68.8 Å². The zero-order valence-corrected chi connectivity index (χ0v) is 18.0. The van der Waals surface area contributed by atoms with Crippen LogP contribution < -0.4 is 0 Å². The molecule has 0 saturated heterocycles. The molecule has 0 aliphatic rings. The summed E-state index contributed by atoms with van der Waals surface area (Å²) in [6, 6.07) is 0. The van der Waals surface area contributed by atoms with E-state index in [0.717, 1.165) is 26.1 Å². The standard InChI is InChI=1S/C16H34O2P2Si/c1-14(11-12-17-20-19)9-8-10-15(2)13-18-21(6,7)16(3,4)5/h10-11,20H,8-9,12-13,19H2,1-7H3. The topological polar surface area (TPSA) is 18.5 Å². The SMILES string of the molecule is CC(=CCOPP)CCC=C(C)CO[Si](C)(C)C(C)(C)C. The van der Waals surface area contributed by atoms with Crippen LogP contribution in [0.15, 0.2) is 23.3 Å². The van der Waals surface area contributed by atoms with Crippen molar-refractivity contribution >= 4 is 25.7 Å². The van der Waals surface area contributed by atoms with Gasteiger partial charge in [0.2, 0.25) is 0 Å². The molecule has 0 rings (SSSR count). The van der Waals surface area contributed by atoms with Crippen molar-refractivity contribution in [2.75, 3.05) is 13.2 Å². The summed E-state index contributed by atoms with van der Waals surface area (Å²) in [4.78, 5) is 0. The van der Waals surface area contributed by atoms with Crippen molar-refractivity contribution in [1.29, 1.82) is 0 Å². The molecule has 0 bridgehead atoms. The molecule has 2 unspecified atom stereocenters. The Balaban J connectivity index is 4.13. The lowest BCUT2D eigenvalue weighted by Crippen LogP contribution is -2.41. The first kappa shape index (κ1) is 21.5. The van der Waals surface area contributed by atoms with Crippen molar-refractivity contribution in [3.63, 3.8) is 0 Å². The number of rotatable bonds is 9. The molecule has 0 radical (unpaired) electrons. The Hall–Kier alpha value is 0.477. The Labute approximate surface area is 137 Å². The Bertz CT molecular complexity index is 358. The molecule has 0 N–H and O–H groups in total. The highest BCUT2D eigenvalue weighted by molar-refractivity contribution is 8.00. The van der Waals surface area contributed by atoms with Gasteiger partial charge in [0.15, 0.2) is 8.32 Å². The quantitative estimate of drug-likeness (QED) is 0.217. The lowest BCUT2D eigenvalue weighted by atomic mass is 10.1. The minimum atomic E-state index is -1.62. The minimum absolute atomic E-state index is 0.283. The highest BCUT2D eigenvalue weighted by atomic mass is 32.0. The van der Waals surface area contributed by atoms with Gasteiger partial charge in [-0.25, -0.2) is 0 Å². The second kappa shape index (κ2) is 10.3. The van der Waals surface area contributed by atoms with Crippen LogP contribution in [0.1, 0.15) is 47.5 Å². The van der Waals surface area contributed by atoms with Gasteiger partial charge in [0.25, 0.3) is 0 Å². The molecule has 0 aliphatic carbocycles. The van der Waals surface area contributed by atoms with E-state index in [1.165, 1.54) is 11.1 Å². The third-order valence-corrected chi connectivity index (χ3v) is 9.41. The molecule has 5 heteroatoms. The van der Waals surface area contributed by atoms with Crippen LogP contribution in [0.5, 0.6) is 0 Å². The predicted octanol–water partition coefficient (Wildman–Crippen LogP) is 6.08. The van der Waals surface area contributed by atoms with Crippen LogP contribution >= 0.6 is 17.4 Å². The smallest absolute Gasteiger partial charge is 0.192 e. The summed E-state index contributed by atoms with van der Waals surface area (Å²) < 4.78 is 11.6. The third kappa shape index (κ3) is 9.97. The molecular weight excluding hydrogens is 314 g/mol. The maximum atomic E-state index is 6.23. The first-order valence-electron chi connectivity index (χ1n) is 7.63. The molecule has 0 heterocycles. The Morgan fingerprint density at radius 2 is 1.76 bits per heavy atom. The van der Waals surface area contributed by atoms with Crippen LogP contribution in [0, 0.1) is 0 Å². The van der Waals surface area contributed by atoms with Gasteiger partial charge in [0.1, 0.15) is 0 Å². The highest BCUT2D eigenvalue weighted by Gasteiger charge is 2.36. The van der Waals surface area contributed by atoms with Gasteiger partial charge in [0, 0.05) is 8.50 Å². The molecule has 0 amide bonds. The highest BCUT2D eigenvalue weighted by Crippen LogP contribution is 2.36. The van der Waals surface area contributed by atoms with Gasteiger partial charge in [-0.15, -0.1) is 0 Å². The van der Waals surface area contributed by atoms with Gasteiger partial charge in [-0.3, -0.25) is 0 Å². The average Bonchev–Trinajstić information content (AvgIpc) is 2.35. The summed E-state index contributed by atoms with van der Waals surface area (Å²) in [5.74, 6) is 0. The van der Waals surface area contributed by atoms with Crippen molar-refractivity contribution in [2.24, 2.45) is 0 Å². The summed E-state index contributed by atoms with van der Waals surface area (Å²) in [5.41, 5.74) is 2.74. The second-order valence-corrected chi connectivity index (χ2v) is 13.2. The zero-order chi connectivity index (χ0) is 16.5. The molecule has 0 aromatic rings. The van der Waals surface area contributed by atoms with Crippen LogP contribution in [-0.2, 0) is 8.95 Å². The predicted molar refractivity (Wildman–Crippen MR) is 104 cm³/mol. The minimum Gasteiger partial charge on any atom is -0.413 e. The summed E-state index contributed by atoms with van der Waals surface area (Å²) in [5, 5.41) is 0.283. The molecule has 0 aliphatic heterocycles. The normalized spacial score (nSPS) is 15.2. The van der Waals surface area contributed by atoms with Gasteiger partial charge in [0.05, 0.1) is 13.2 Å². The molecule has 0 saturated carbocycles. The molecule has 124 valence electrons. The van der Waals surface area contributed by atoms with E-state index in [4.69, 9.17) is 8.95 Å². The molecule has 2 nitrogen and oxygen atoms in total. The van der Waals surface area contributed by atoms with Gasteiger partial charge in [-0.05, 0) is 44.8 Å². The monoisotopic (exact) mass is 348 g/mol. The van der Waals surface area contributed by atoms with Crippen LogP contribution in [0.4, 0.5) is 0 Å². The lowest BCUT2D eigenvalue weighted by molar-refractivity contribution is 0.318. The summed E-state index contributed by atoms with van der Waals surface area (Å²) in [7, 11) is 1.47. The Kier molecular flexibility index (Phi) is 10.5. The maximum Gasteiger partial charge on any atom is 0.192 e. The Morgan fingerprint density at radius 1 is 1.14 bits per heavy atom. The van der Waals surface area contributed by atoms with E-state index in [1.807, 2.05) is 0 Å².